The molecule has 0 bridgehead atoms. The van der Waals surface area contributed by atoms with Crippen molar-refractivity contribution >= 4 is 5.91 Å². The van der Waals surface area contributed by atoms with Crippen LogP contribution in [0.15, 0.2) is 0 Å². The number of hydrogen-bond acceptors (Lipinski definition) is 3. The average molecular weight is 252 g/mol. The Morgan fingerprint density at radius 2 is 2.11 bits per heavy atom. The number of carbonyl (C=O) groups excluding carboxylic acids is 1. The molecule has 1 amide bonds. The number of nitrogens with one attached hydrogen (secondary N) is 2. The van der Waals surface area contributed by atoms with Gasteiger partial charge in [-0.15, -0.1) is 0 Å². The maximum atomic E-state index is 11.6. The SMILES string of the molecule is CCc1c(C)nn(CCNC(=O)[C@H](C)NC)c1C. The molecule has 5 heteroatoms. The van der Waals surface area contributed by atoms with Crippen molar-refractivity contribution in [1.29, 1.82) is 0 Å². The molecule has 0 aliphatic carbocycles. The highest BCUT2D eigenvalue weighted by molar-refractivity contribution is 5.81. The first-order valence-electron chi connectivity index (χ1n) is 6.49. The molecule has 0 aliphatic heterocycles. The molecule has 1 aromatic heterocycles. The lowest BCUT2D eigenvalue weighted by atomic mass is 10.1. The molecule has 0 fully saturated rings. The van der Waals surface area contributed by atoms with E-state index in [0.29, 0.717) is 6.54 Å². The molecule has 2 N–H and O–H groups in total. The maximum absolute atomic E-state index is 11.6. The number of likely N-dealkylation sites (N-methyl/N-ethyl adjacent to an activating group) is 1. The zero-order chi connectivity index (χ0) is 13.7. The van der Waals surface area contributed by atoms with E-state index < -0.39 is 0 Å². The van der Waals surface area contributed by atoms with Gasteiger partial charge in [-0.2, -0.15) is 5.10 Å². The highest BCUT2D eigenvalue weighted by Gasteiger charge is 2.11. The predicted molar refractivity (Wildman–Crippen MR) is 72.6 cm³/mol. The van der Waals surface area contributed by atoms with Crippen LogP contribution in [0.2, 0.25) is 0 Å². The average Bonchev–Trinajstić information content (AvgIpc) is 2.63. The molecule has 1 rings (SSSR count). The smallest absolute Gasteiger partial charge is 0.236 e. The van der Waals surface area contributed by atoms with Gasteiger partial charge in [-0.05, 0) is 39.8 Å². The van der Waals surface area contributed by atoms with Gasteiger partial charge in [-0.1, -0.05) is 6.92 Å². The van der Waals surface area contributed by atoms with E-state index in [9.17, 15) is 4.79 Å². The molecule has 1 aromatic rings. The van der Waals surface area contributed by atoms with E-state index in [1.54, 1.807) is 7.05 Å². The van der Waals surface area contributed by atoms with E-state index in [1.165, 1.54) is 11.3 Å². The van der Waals surface area contributed by atoms with Crippen LogP contribution in [0.1, 0.15) is 30.8 Å². The Morgan fingerprint density at radius 3 is 2.61 bits per heavy atom. The van der Waals surface area contributed by atoms with Gasteiger partial charge < -0.3 is 10.6 Å². The summed E-state index contributed by atoms with van der Waals surface area (Å²) >= 11 is 0. The molecule has 5 nitrogen and oxygen atoms in total. The molecule has 0 saturated heterocycles. The molecular formula is C13H24N4O. The normalized spacial score (nSPS) is 12.5. The molecule has 0 spiro atoms. The number of nitrogens with zero attached hydrogens (tertiary/aromatic N) is 2. The zero-order valence-corrected chi connectivity index (χ0v) is 12.0. The van der Waals surface area contributed by atoms with Crippen LogP contribution in [-0.4, -0.2) is 35.3 Å². The fourth-order valence-corrected chi connectivity index (χ4v) is 2.03. The quantitative estimate of drug-likeness (QED) is 0.787. The van der Waals surface area contributed by atoms with Crippen molar-refractivity contribution in [3.8, 4) is 0 Å². The minimum absolute atomic E-state index is 0.0229. The third-order valence-corrected chi connectivity index (χ3v) is 3.33. The summed E-state index contributed by atoms with van der Waals surface area (Å²) in [6, 6.07) is -0.156. The molecule has 18 heavy (non-hydrogen) atoms. The molecular weight excluding hydrogens is 228 g/mol. The van der Waals surface area contributed by atoms with Crippen LogP contribution in [0.3, 0.4) is 0 Å². The van der Waals surface area contributed by atoms with Crippen molar-refractivity contribution in [3.63, 3.8) is 0 Å². The summed E-state index contributed by atoms with van der Waals surface area (Å²) in [7, 11) is 1.78. The summed E-state index contributed by atoms with van der Waals surface area (Å²) in [5.41, 5.74) is 3.60. The lowest BCUT2D eigenvalue weighted by Crippen LogP contribution is -2.41. The van der Waals surface area contributed by atoms with E-state index in [2.05, 4.69) is 29.6 Å². The van der Waals surface area contributed by atoms with Gasteiger partial charge in [0.1, 0.15) is 0 Å². The first-order chi connectivity index (χ1) is 8.51. The van der Waals surface area contributed by atoms with Crippen LogP contribution in [0, 0.1) is 13.8 Å². The monoisotopic (exact) mass is 252 g/mol. The topological polar surface area (TPSA) is 59.0 Å². The lowest BCUT2D eigenvalue weighted by molar-refractivity contribution is -0.122. The van der Waals surface area contributed by atoms with Crippen LogP contribution in [0.5, 0.6) is 0 Å². The largest absolute Gasteiger partial charge is 0.353 e. The van der Waals surface area contributed by atoms with Crippen LogP contribution < -0.4 is 10.6 Å². The second kappa shape index (κ2) is 6.54. The maximum Gasteiger partial charge on any atom is 0.236 e. The van der Waals surface area contributed by atoms with Crippen molar-refractivity contribution < 1.29 is 4.79 Å². The van der Waals surface area contributed by atoms with Crippen LogP contribution in [0.25, 0.3) is 0 Å². The molecule has 102 valence electrons. The molecule has 0 aromatic carbocycles. The Bertz CT molecular complexity index is 411. The zero-order valence-electron chi connectivity index (χ0n) is 12.0. The summed E-state index contributed by atoms with van der Waals surface area (Å²) in [5, 5.41) is 10.3. The number of hydrogen-bond donors (Lipinski definition) is 2. The van der Waals surface area contributed by atoms with Gasteiger partial charge in [-0.25, -0.2) is 0 Å². The van der Waals surface area contributed by atoms with Gasteiger partial charge in [-0.3, -0.25) is 9.48 Å². The first kappa shape index (κ1) is 14.7. The van der Waals surface area contributed by atoms with Gasteiger partial charge in [0.25, 0.3) is 0 Å². The van der Waals surface area contributed by atoms with Crippen LogP contribution in [0.4, 0.5) is 0 Å². The second-order valence-electron chi connectivity index (χ2n) is 4.53. The summed E-state index contributed by atoms with van der Waals surface area (Å²) in [6.45, 7) is 9.41. The van der Waals surface area contributed by atoms with Gasteiger partial charge in [0.2, 0.25) is 5.91 Å². The van der Waals surface area contributed by atoms with Crippen LogP contribution in [-0.2, 0) is 17.8 Å². The fourth-order valence-electron chi connectivity index (χ4n) is 2.03. The number of amides is 1. The summed E-state index contributed by atoms with van der Waals surface area (Å²) < 4.78 is 1.97. The minimum atomic E-state index is -0.156. The Kier molecular flexibility index (Phi) is 5.34. The second-order valence-corrected chi connectivity index (χ2v) is 4.53. The highest BCUT2D eigenvalue weighted by Crippen LogP contribution is 2.12. The van der Waals surface area contributed by atoms with Gasteiger partial charge >= 0.3 is 0 Å². The number of aromatic nitrogens is 2. The molecule has 1 heterocycles. The van der Waals surface area contributed by atoms with E-state index in [1.807, 2.05) is 18.5 Å². The van der Waals surface area contributed by atoms with Crippen molar-refractivity contribution in [2.75, 3.05) is 13.6 Å². The summed E-state index contributed by atoms with van der Waals surface area (Å²) in [4.78, 5) is 11.6. The first-order valence-corrected chi connectivity index (χ1v) is 6.49. The Balaban J connectivity index is 2.52. The number of rotatable bonds is 6. The number of carbonyl (C=O) groups is 1. The number of aryl methyl sites for hydroxylation is 1. The molecule has 1 atom stereocenters. The van der Waals surface area contributed by atoms with E-state index in [0.717, 1.165) is 18.7 Å². The van der Waals surface area contributed by atoms with Crippen LogP contribution >= 0.6 is 0 Å². The Morgan fingerprint density at radius 1 is 1.44 bits per heavy atom. The minimum Gasteiger partial charge on any atom is -0.353 e. The lowest BCUT2D eigenvalue weighted by Gasteiger charge is -2.11. The Hall–Kier alpha value is -1.36. The van der Waals surface area contributed by atoms with Crippen molar-refractivity contribution in [1.82, 2.24) is 20.4 Å². The molecule has 0 unspecified atom stereocenters. The van der Waals surface area contributed by atoms with Crippen molar-refractivity contribution in [2.24, 2.45) is 0 Å². The van der Waals surface area contributed by atoms with E-state index in [4.69, 9.17) is 0 Å². The van der Waals surface area contributed by atoms with Crippen molar-refractivity contribution in [3.05, 3.63) is 17.0 Å². The van der Waals surface area contributed by atoms with Crippen molar-refractivity contribution in [2.45, 2.75) is 46.7 Å². The summed E-state index contributed by atoms with van der Waals surface area (Å²) in [5.74, 6) is 0.0229. The Labute approximate surface area is 109 Å². The highest BCUT2D eigenvalue weighted by atomic mass is 16.2. The van der Waals surface area contributed by atoms with Gasteiger partial charge in [0.05, 0.1) is 18.3 Å². The van der Waals surface area contributed by atoms with Gasteiger partial charge in [0.15, 0.2) is 0 Å². The van der Waals surface area contributed by atoms with E-state index >= 15 is 0 Å². The van der Waals surface area contributed by atoms with E-state index in [-0.39, 0.29) is 11.9 Å². The molecule has 0 saturated carbocycles. The fraction of sp³-hybridized carbons (Fsp3) is 0.692. The summed E-state index contributed by atoms with van der Waals surface area (Å²) in [6.07, 6.45) is 1.00. The van der Waals surface area contributed by atoms with Gasteiger partial charge in [0, 0.05) is 12.2 Å². The molecule has 0 radical (unpaired) electrons. The third-order valence-electron chi connectivity index (χ3n) is 3.33. The predicted octanol–water partition coefficient (Wildman–Crippen LogP) is 0.786. The molecule has 0 aliphatic rings. The third kappa shape index (κ3) is 3.32. The standard InChI is InChI=1S/C13H24N4O/c1-6-12-9(2)16-17(11(12)4)8-7-15-13(18)10(3)14-5/h10,14H,6-8H2,1-5H3,(H,15,18)/t10-/m0/s1.